The Bertz CT molecular complexity index is 834. The van der Waals surface area contributed by atoms with Crippen LogP contribution in [0.2, 0.25) is 0 Å². The Hall–Kier alpha value is -2.01. The highest BCUT2D eigenvalue weighted by atomic mass is 16.5. The molecule has 0 aromatic carbocycles. The highest BCUT2D eigenvalue weighted by Gasteiger charge is 2.60. The van der Waals surface area contributed by atoms with Crippen molar-refractivity contribution in [3.8, 4) is 0 Å². The maximum Gasteiger partial charge on any atom is 0.303 e. The number of rotatable bonds is 3. The molecule has 4 rings (SSSR count). The van der Waals surface area contributed by atoms with Crippen LogP contribution in [-0.2, 0) is 19.1 Å². The summed E-state index contributed by atoms with van der Waals surface area (Å²) in [5.74, 6) is 0.0194. The Labute approximate surface area is 165 Å². The first-order chi connectivity index (χ1) is 13.2. The molecule has 0 unspecified atom stereocenters. The van der Waals surface area contributed by atoms with Gasteiger partial charge >= 0.3 is 5.97 Å². The Morgan fingerprint density at radius 1 is 1.32 bits per heavy atom. The lowest BCUT2D eigenvalue weighted by molar-refractivity contribution is -0.145. The molecule has 2 fully saturated rings. The lowest BCUT2D eigenvalue weighted by atomic mass is 9.47. The first-order valence-corrected chi connectivity index (χ1v) is 10.2. The number of ether oxygens (including phenoxy) is 1. The van der Waals surface area contributed by atoms with Crippen molar-refractivity contribution >= 4 is 17.5 Å². The number of hydrogen-bond acceptors (Lipinski definition) is 5. The van der Waals surface area contributed by atoms with Crippen LogP contribution in [0.3, 0.4) is 0 Å². The number of carbonyl (C=O) groups is 3. The van der Waals surface area contributed by atoms with E-state index in [-0.39, 0.29) is 41.3 Å². The summed E-state index contributed by atoms with van der Waals surface area (Å²) in [5, 5.41) is 11.2. The molecule has 2 saturated carbocycles. The summed E-state index contributed by atoms with van der Waals surface area (Å²) >= 11 is 0. The van der Waals surface area contributed by atoms with Crippen molar-refractivity contribution in [3.05, 3.63) is 35.5 Å². The quantitative estimate of drug-likeness (QED) is 0.757. The summed E-state index contributed by atoms with van der Waals surface area (Å²) in [5.41, 5.74) is 1.13. The predicted octanol–water partition coefficient (Wildman–Crippen LogP) is 2.93. The molecule has 0 saturated heterocycles. The van der Waals surface area contributed by atoms with Crippen LogP contribution < -0.4 is 0 Å². The maximum atomic E-state index is 12.7. The van der Waals surface area contributed by atoms with Gasteiger partial charge in [-0.05, 0) is 49.7 Å². The minimum atomic E-state index is -0.555. The predicted molar refractivity (Wildman–Crippen MR) is 103 cm³/mol. The topological polar surface area (TPSA) is 80.7 Å². The molecule has 1 N–H and O–H groups in total. The van der Waals surface area contributed by atoms with Gasteiger partial charge in [0.05, 0.1) is 6.10 Å². The Balaban J connectivity index is 1.63. The van der Waals surface area contributed by atoms with Gasteiger partial charge < -0.3 is 9.84 Å². The number of aliphatic hydroxyl groups is 1. The second-order valence-electron chi connectivity index (χ2n) is 9.27. The molecular formula is C23H28O5. The number of aliphatic hydroxyl groups excluding tert-OH is 1. The van der Waals surface area contributed by atoms with Crippen LogP contribution in [0.5, 0.6) is 0 Å². The van der Waals surface area contributed by atoms with E-state index in [0.29, 0.717) is 12.0 Å². The molecule has 150 valence electrons. The van der Waals surface area contributed by atoms with E-state index in [1.54, 1.807) is 12.2 Å². The summed E-state index contributed by atoms with van der Waals surface area (Å²) in [6.45, 7) is 5.28. The molecule has 0 aliphatic heterocycles. The largest absolute Gasteiger partial charge is 0.457 e. The number of hydrogen-bond donors (Lipinski definition) is 1. The number of esters is 1. The average Bonchev–Trinajstić information content (AvgIpc) is 2.96. The summed E-state index contributed by atoms with van der Waals surface area (Å²) in [6, 6.07) is 0. The molecule has 0 aromatic rings. The first-order valence-electron chi connectivity index (χ1n) is 10.2. The van der Waals surface area contributed by atoms with Gasteiger partial charge in [0.1, 0.15) is 0 Å². The number of carbonyl (C=O) groups excluding carboxylic acids is 3. The number of ketones is 2. The van der Waals surface area contributed by atoms with Crippen LogP contribution in [0.4, 0.5) is 0 Å². The van der Waals surface area contributed by atoms with E-state index >= 15 is 0 Å². The van der Waals surface area contributed by atoms with Crippen LogP contribution in [0.15, 0.2) is 35.5 Å². The monoisotopic (exact) mass is 384 g/mol. The molecule has 0 aromatic heterocycles. The second-order valence-corrected chi connectivity index (χ2v) is 9.27. The summed E-state index contributed by atoms with van der Waals surface area (Å²) in [7, 11) is 0. The number of Topliss-reactive ketones (excluding diaryl/α,β-unsaturated/α-hetero) is 1. The van der Waals surface area contributed by atoms with Gasteiger partial charge in [0.2, 0.25) is 0 Å². The minimum absolute atomic E-state index is 0.0296. The van der Waals surface area contributed by atoms with Crippen molar-refractivity contribution in [1.29, 1.82) is 0 Å². The third-order valence-electron chi connectivity index (χ3n) is 7.78. The summed E-state index contributed by atoms with van der Waals surface area (Å²) < 4.78 is 4.93. The molecule has 4 aliphatic carbocycles. The smallest absolute Gasteiger partial charge is 0.303 e. The fraction of sp³-hybridized carbons (Fsp3) is 0.609. The van der Waals surface area contributed by atoms with Crippen molar-refractivity contribution in [2.24, 2.45) is 28.6 Å². The lowest BCUT2D eigenvalue weighted by Gasteiger charge is -2.58. The molecule has 0 radical (unpaired) electrons. The first kappa shape index (κ1) is 19.3. The van der Waals surface area contributed by atoms with E-state index < -0.39 is 17.5 Å². The molecule has 0 bridgehead atoms. The molecule has 5 nitrogen and oxygen atoms in total. The van der Waals surface area contributed by atoms with Crippen LogP contribution in [0.25, 0.3) is 0 Å². The van der Waals surface area contributed by atoms with Crippen molar-refractivity contribution in [2.45, 2.75) is 52.6 Å². The molecule has 0 spiro atoms. The summed E-state index contributed by atoms with van der Waals surface area (Å²) in [4.78, 5) is 35.7. The Morgan fingerprint density at radius 3 is 2.79 bits per heavy atom. The van der Waals surface area contributed by atoms with Gasteiger partial charge in [-0.1, -0.05) is 31.6 Å². The van der Waals surface area contributed by atoms with Crippen molar-refractivity contribution in [3.63, 3.8) is 0 Å². The normalized spacial score (nSPS) is 41.4. The van der Waals surface area contributed by atoms with E-state index in [2.05, 4.69) is 13.8 Å². The van der Waals surface area contributed by atoms with E-state index in [0.717, 1.165) is 24.8 Å². The van der Waals surface area contributed by atoms with Crippen LogP contribution in [0.1, 0.15) is 46.5 Å². The lowest BCUT2D eigenvalue weighted by Crippen LogP contribution is -2.55. The molecule has 4 aliphatic rings. The van der Waals surface area contributed by atoms with Crippen LogP contribution in [0, 0.1) is 28.6 Å². The van der Waals surface area contributed by atoms with E-state index in [9.17, 15) is 19.5 Å². The third kappa shape index (κ3) is 2.74. The zero-order valence-corrected chi connectivity index (χ0v) is 16.7. The Kier molecular flexibility index (Phi) is 4.49. The maximum absolute atomic E-state index is 12.7. The zero-order chi connectivity index (χ0) is 20.3. The van der Waals surface area contributed by atoms with E-state index in [1.165, 1.54) is 6.92 Å². The van der Waals surface area contributed by atoms with Gasteiger partial charge in [-0.25, -0.2) is 0 Å². The molecular weight excluding hydrogens is 356 g/mol. The van der Waals surface area contributed by atoms with Crippen molar-refractivity contribution in [2.75, 3.05) is 6.61 Å². The van der Waals surface area contributed by atoms with Gasteiger partial charge in [-0.3, -0.25) is 14.4 Å². The SMILES string of the molecule is CC(=O)OCC(=O)C1=CC[C@H]2[C@@H]3CCC4=CC(=O)C=C[C@]4(C)[C@H]3[C@H](O)C[C@]12C. The van der Waals surface area contributed by atoms with Crippen LogP contribution >= 0.6 is 0 Å². The molecule has 5 heteroatoms. The van der Waals surface area contributed by atoms with Crippen molar-refractivity contribution in [1.82, 2.24) is 0 Å². The standard InChI is InChI=1S/C23H28O5/c1-13(24)28-12-20(27)18-7-6-17-16-5-4-14-10-15(25)8-9-22(14,2)21(16)19(26)11-23(17,18)3/h7-10,16-17,19,21,26H,4-6,11-12H2,1-3H3/t16-,17-,19+,21+,22-,23-/m0/s1. The second kappa shape index (κ2) is 6.51. The fourth-order valence-corrected chi connectivity index (χ4v) is 6.57. The number of fused-ring (bicyclic) bond motifs is 5. The number of allylic oxidation sites excluding steroid dienone is 5. The summed E-state index contributed by atoms with van der Waals surface area (Å²) in [6.07, 6.45) is 9.91. The van der Waals surface area contributed by atoms with Gasteiger partial charge in [-0.15, -0.1) is 0 Å². The molecule has 28 heavy (non-hydrogen) atoms. The van der Waals surface area contributed by atoms with Crippen molar-refractivity contribution < 1.29 is 24.2 Å². The zero-order valence-electron chi connectivity index (χ0n) is 16.7. The third-order valence-corrected chi connectivity index (χ3v) is 7.78. The molecule has 6 atom stereocenters. The van der Waals surface area contributed by atoms with Gasteiger partial charge in [-0.2, -0.15) is 0 Å². The molecule has 0 amide bonds. The molecule has 0 heterocycles. The van der Waals surface area contributed by atoms with Gasteiger partial charge in [0.15, 0.2) is 18.2 Å². The average molecular weight is 384 g/mol. The van der Waals surface area contributed by atoms with Gasteiger partial charge in [0, 0.05) is 29.2 Å². The van der Waals surface area contributed by atoms with E-state index in [1.807, 2.05) is 12.2 Å². The highest BCUT2D eigenvalue weighted by molar-refractivity contribution is 6.01. The van der Waals surface area contributed by atoms with Gasteiger partial charge in [0.25, 0.3) is 0 Å². The van der Waals surface area contributed by atoms with E-state index in [4.69, 9.17) is 4.74 Å². The van der Waals surface area contributed by atoms with Crippen LogP contribution in [-0.4, -0.2) is 35.4 Å². The Morgan fingerprint density at radius 2 is 2.07 bits per heavy atom. The fourth-order valence-electron chi connectivity index (χ4n) is 6.57. The highest BCUT2D eigenvalue weighted by Crippen LogP contribution is 2.64. The minimum Gasteiger partial charge on any atom is -0.457 e.